The van der Waals surface area contributed by atoms with Gasteiger partial charge in [-0.1, -0.05) is 41.6 Å². The summed E-state index contributed by atoms with van der Waals surface area (Å²) in [6.07, 6.45) is 0. The molecule has 1 heterocycles. The number of thioether (sulfide) groups is 1. The molecule has 0 aliphatic rings. The summed E-state index contributed by atoms with van der Waals surface area (Å²) in [4.78, 5) is 26.6. The third-order valence-corrected chi connectivity index (χ3v) is 4.81. The molecule has 0 aliphatic heterocycles. The Morgan fingerprint density at radius 1 is 1.38 bits per heavy atom. The van der Waals surface area contributed by atoms with E-state index >= 15 is 0 Å². The summed E-state index contributed by atoms with van der Waals surface area (Å²) in [5, 5.41) is 14.5. The number of non-ortho nitro benzene ring substituents is 1. The summed E-state index contributed by atoms with van der Waals surface area (Å²) in [6, 6.07) is 11.2. The van der Waals surface area contributed by atoms with E-state index in [2.05, 4.69) is 10.3 Å². The standard InChI is InChI=1S/C17H14ClN3O4S/c1-10(12-4-2-3-5-13(12)18)19-16(22)9-26-17-20-14-8-11(21(23)24)6-7-15(14)25-17/h2-8,10H,9H2,1H3,(H,19,22)/t10-/m0/s1. The fourth-order valence-electron chi connectivity index (χ4n) is 2.38. The predicted molar refractivity (Wildman–Crippen MR) is 99.4 cm³/mol. The summed E-state index contributed by atoms with van der Waals surface area (Å²) in [6.45, 7) is 1.85. The van der Waals surface area contributed by atoms with Gasteiger partial charge in [0.25, 0.3) is 10.9 Å². The Morgan fingerprint density at radius 3 is 2.88 bits per heavy atom. The molecule has 3 rings (SSSR count). The average Bonchev–Trinajstić information content (AvgIpc) is 3.02. The predicted octanol–water partition coefficient (Wildman–Crippen LogP) is 4.36. The fraction of sp³-hybridized carbons (Fsp3) is 0.176. The van der Waals surface area contributed by atoms with Crippen LogP contribution in [0.15, 0.2) is 52.1 Å². The van der Waals surface area contributed by atoms with Gasteiger partial charge in [0.15, 0.2) is 5.58 Å². The van der Waals surface area contributed by atoms with Gasteiger partial charge in [0, 0.05) is 17.2 Å². The van der Waals surface area contributed by atoms with Crippen molar-refractivity contribution in [1.82, 2.24) is 10.3 Å². The molecular formula is C17H14ClN3O4S. The molecule has 0 saturated heterocycles. The number of nitro groups is 1. The Bertz CT molecular complexity index is 976. The second-order valence-corrected chi connectivity index (χ2v) is 6.82. The molecule has 1 atom stereocenters. The van der Waals surface area contributed by atoms with Crippen LogP contribution in [0.5, 0.6) is 0 Å². The van der Waals surface area contributed by atoms with Crippen LogP contribution in [0, 0.1) is 10.1 Å². The third-order valence-electron chi connectivity index (χ3n) is 3.64. The highest BCUT2D eigenvalue weighted by Gasteiger charge is 2.15. The number of oxazole rings is 1. The Kier molecular flexibility index (Phi) is 5.43. The number of nitrogens with zero attached hydrogens (tertiary/aromatic N) is 2. The molecule has 2 aromatic carbocycles. The van der Waals surface area contributed by atoms with Gasteiger partial charge in [-0.05, 0) is 24.6 Å². The molecule has 134 valence electrons. The number of amides is 1. The summed E-state index contributed by atoms with van der Waals surface area (Å²) in [5.41, 5.74) is 1.59. The summed E-state index contributed by atoms with van der Waals surface area (Å²) < 4.78 is 5.49. The lowest BCUT2D eigenvalue weighted by molar-refractivity contribution is -0.384. The molecule has 0 unspecified atom stereocenters. The topological polar surface area (TPSA) is 98.3 Å². The average molecular weight is 392 g/mol. The lowest BCUT2D eigenvalue weighted by Gasteiger charge is -2.15. The number of aromatic nitrogens is 1. The summed E-state index contributed by atoms with van der Waals surface area (Å²) in [7, 11) is 0. The van der Waals surface area contributed by atoms with Gasteiger partial charge in [0.1, 0.15) is 5.52 Å². The van der Waals surface area contributed by atoms with Crippen LogP contribution >= 0.6 is 23.4 Å². The number of carbonyl (C=O) groups excluding carboxylic acids is 1. The lowest BCUT2D eigenvalue weighted by Crippen LogP contribution is -2.28. The minimum Gasteiger partial charge on any atom is -0.431 e. The van der Waals surface area contributed by atoms with Crippen molar-refractivity contribution in [1.29, 1.82) is 0 Å². The number of nitro benzene ring substituents is 1. The fourth-order valence-corrected chi connectivity index (χ4v) is 3.33. The van der Waals surface area contributed by atoms with Crippen molar-refractivity contribution in [2.45, 2.75) is 18.2 Å². The first-order valence-corrected chi connectivity index (χ1v) is 9.02. The SMILES string of the molecule is C[C@H](NC(=O)CSc1nc2cc([N+](=O)[O-])ccc2o1)c1ccccc1Cl. The number of benzene rings is 2. The Hall–Kier alpha value is -2.58. The first kappa shape index (κ1) is 18.2. The number of carbonyl (C=O) groups is 1. The molecule has 0 radical (unpaired) electrons. The Labute approximate surface area is 157 Å². The van der Waals surface area contributed by atoms with Gasteiger partial charge in [-0.3, -0.25) is 14.9 Å². The van der Waals surface area contributed by atoms with Crippen LogP contribution in [0.4, 0.5) is 5.69 Å². The van der Waals surface area contributed by atoms with Crippen molar-refractivity contribution >= 4 is 46.1 Å². The molecule has 0 aliphatic carbocycles. The van der Waals surface area contributed by atoms with Crippen LogP contribution in [0.2, 0.25) is 5.02 Å². The molecule has 0 saturated carbocycles. The van der Waals surface area contributed by atoms with E-state index in [1.165, 1.54) is 18.2 Å². The van der Waals surface area contributed by atoms with Crippen LogP contribution in [0.1, 0.15) is 18.5 Å². The van der Waals surface area contributed by atoms with Gasteiger partial charge in [0.2, 0.25) is 5.91 Å². The second kappa shape index (κ2) is 7.76. The lowest BCUT2D eigenvalue weighted by atomic mass is 10.1. The molecule has 26 heavy (non-hydrogen) atoms. The molecule has 7 nitrogen and oxygen atoms in total. The van der Waals surface area contributed by atoms with Crippen molar-refractivity contribution < 1.29 is 14.1 Å². The number of hydrogen-bond donors (Lipinski definition) is 1. The highest BCUT2D eigenvalue weighted by atomic mass is 35.5. The van der Waals surface area contributed by atoms with E-state index in [4.69, 9.17) is 16.0 Å². The Balaban J connectivity index is 1.61. The van der Waals surface area contributed by atoms with Crippen LogP contribution in [0.25, 0.3) is 11.1 Å². The van der Waals surface area contributed by atoms with Crippen LogP contribution in [0.3, 0.4) is 0 Å². The van der Waals surface area contributed by atoms with E-state index in [1.807, 2.05) is 25.1 Å². The molecule has 0 bridgehead atoms. The van der Waals surface area contributed by atoms with E-state index < -0.39 is 4.92 Å². The molecular weight excluding hydrogens is 378 g/mol. The number of hydrogen-bond acceptors (Lipinski definition) is 6. The van der Waals surface area contributed by atoms with Crippen molar-refractivity contribution in [3.63, 3.8) is 0 Å². The number of fused-ring (bicyclic) bond motifs is 1. The van der Waals surface area contributed by atoms with Crippen LogP contribution in [-0.2, 0) is 4.79 Å². The molecule has 9 heteroatoms. The second-order valence-electron chi connectivity index (χ2n) is 5.49. The highest BCUT2D eigenvalue weighted by Crippen LogP contribution is 2.27. The van der Waals surface area contributed by atoms with Gasteiger partial charge in [-0.2, -0.15) is 0 Å². The molecule has 1 N–H and O–H groups in total. The zero-order valence-electron chi connectivity index (χ0n) is 13.6. The van der Waals surface area contributed by atoms with Crippen molar-refractivity contribution in [3.8, 4) is 0 Å². The molecule has 0 spiro atoms. The van der Waals surface area contributed by atoms with Crippen LogP contribution < -0.4 is 5.32 Å². The summed E-state index contributed by atoms with van der Waals surface area (Å²) in [5.74, 6) is -0.0976. The maximum absolute atomic E-state index is 12.1. The number of nitrogens with one attached hydrogen (secondary N) is 1. The van der Waals surface area contributed by atoms with E-state index in [0.29, 0.717) is 16.1 Å². The van der Waals surface area contributed by atoms with E-state index in [9.17, 15) is 14.9 Å². The van der Waals surface area contributed by atoms with Gasteiger partial charge >= 0.3 is 0 Å². The smallest absolute Gasteiger partial charge is 0.271 e. The maximum Gasteiger partial charge on any atom is 0.271 e. The van der Waals surface area contributed by atoms with E-state index in [0.717, 1.165) is 17.3 Å². The summed E-state index contributed by atoms with van der Waals surface area (Å²) >= 11 is 7.24. The van der Waals surface area contributed by atoms with Gasteiger partial charge < -0.3 is 9.73 Å². The van der Waals surface area contributed by atoms with Crippen LogP contribution in [-0.4, -0.2) is 21.6 Å². The van der Waals surface area contributed by atoms with E-state index in [1.54, 1.807) is 6.07 Å². The molecule has 0 fully saturated rings. The Morgan fingerprint density at radius 2 is 2.15 bits per heavy atom. The minimum absolute atomic E-state index is 0.0614. The molecule has 3 aromatic rings. The molecule has 1 aromatic heterocycles. The largest absolute Gasteiger partial charge is 0.431 e. The van der Waals surface area contributed by atoms with Crippen molar-refractivity contribution in [2.24, 2.45) is 0 Å². The first-order chi connectivity index (χ1) is 12.4. The first-order valence-electron chi connectivity index (χ1n) is 7.65. The third kappa shape index (κ3) is 4.14. The zero-order chi connectivity index (χ0) is 18.7. The van der Waals surface area contributed by atoms with Gasteiger partial charge in [0.05, 0.1) is 16.7 Å². The normalized spacial score (nSPS) is 12.1. The molecule has 1 amide bonds. The van der Waals surface area contributed by atoms with Gasteiger partial charge in [-0.15, -0.1) is 0 Å². The van der Waals surface area contributed by atoms with E-state index in [-0.39, 0.29) is 28.6 Å². The quantitative estimate of drug-likeness (QED) is 0.381. The minimum atomic E-state index is -0.496. The zero-order valence-corrected chi connectivity index (χ0v) is 15.2. The monoisotopic (exact) mass is 391 g/mol. The van der Waals surface area contributed by atoms with Crippen molar-refractivity contribution in [2.75, 3.05) is 5.75 Å². The van der Waals surface area contributed by atoms with Crippen molar-refractivity contribution in [3.05, 3.63) is 63.2 Å². The van der Waals surface area contributed by atoms with Gasteiger partial charge in [-0.25, -0.2) is 4.98 Å². The number of rotatable bonds is 6. The number of halogens is 1. The maximum atomic E-state index is 12.1. The highest BCUT2D eigenvalue weighted by molar-refractivity contribution is 7.99.